The smallest absolute Gasteiger partial charge is 0.337 e. The van der Waals surface area contributed by atoms with Crippen LogP contribution in [0.2, 0.25) is 0 Å². The van der Waals surface area contributed by atoms with Gasteiger partial charge < -0.3 is 14.0 Å². The molecule has 4 rings (SSSR count). The Hall–Kier alpha value is -2.32. The number of fused-ring (bicyclic) bond motifs is 1. The van der Waals surface area contributed by atoms with Crippen LogP contribution >= 0.6 is 15.9 Å². The summed E-state index contributed by atoms with van der Waals surface area (Å²) >= 11 is 3.11. The maximum atomic E-state index is 14.5. The zero-order valence-electron chi connectivity index (χ0n) is 16.8. The number of hydrogen-bond donors (Lipinski definition) is 0. The van der Waals surface area contributed by atoms with Gasteiger partial charge in [-0.3, -0.25) is 0 Å². The third kappa shape index (κ3) is 3.63. The topological polar surface area (TPSA) is 53.3 Å². The van der Waals surface area contributed by atoms with Gasteiger partial charge in [0.1, 0.15) is 17.5 Å². The van der Waals surface area contributed by atoms with Gasteiger partial charge in [0.05, 0.1) is 43.0 Å². The highest BCUT2D eigenvalue weighted by molar-refractivity contribution is 9.10. The zero-order valence-corrected chi connectivity index (χ0v) is 18.4. The molecule has 1 atom stereocenters. The van der Waals surface area contributed by atoms with Crippen molar-refractivity contribution in [3.63, 3.8) is 0 Å². The summed E-state index contributed by atoms with van der Waals surface area (Å²) in [6, 6.07) is 7.44. The lowest BCUT2D eigenvalue weighted by atomic mass is 9.87. The number of rotatable bonds is 4. The third-order valence-corrected chi connectivity index (χ3v) is 6.05. The van der Waals surface area contributed by atoms with E-state index in [4.69, 9.17) is 9.47 Å². The molecule has 0 N–H and O–H groups in total. The summed E-state index contributed by atoms with van der Waals surface area (Å²) in [6.45, 7) is 5.14. The van der Waals surface area contributed by atoms with Crippen molar-refractivity contribution < 1.29 is 23.0 Å². The minimum atomic E-state index is -0.641. The maximum Gasteiger partial charge on any atom is 0.337 e. The van der Waals surface area contributed by atoms with Gasteiger partial charge in [0.15, 0.2) is 0 Å². The molecule has 1 aliphatic heterocycles. The standard InChI is InChI=1S/C22H21BrF2N2O3/c1-22(2)11-30-10-19(22)27-18-6-12(21(28)29-3)4-5-17(18)26-20(27)9-14-15(24)7-13(23)8-16(14)25/h4-8,19H,9-11H2,1-3H3. The lowest BCUT2D eigenvalue weighted by Crippen LogP contribution is -2.27. The van der Waals surface area contributed by atoms with Crippen LogP contribution in [0, 0.1) is 17.0 Å². The SMILES string of the molecule is COC(=O)c1ccc2nc(Cc3c(F)cc(Br)cc3F)n(C3COCC3(C)C)c2c1. The molecule has 2 heterocycles. The normalized spacial score (nSPS) is 18.1. The number of aromatic nitrogens is 2. The molecule has 0 amide bonds. The lowest BCUT2D eigenvalue weighted by molar-refractivity contribution is 0.0601. The molecule has 2 aromatic carbocycles. The molecule has 0 spiro atoms. The fraction of sp³-hybridized carbons (Fsp3) is 0.364. The van der Waals surface area contributed by atoms with Crippen LogP contribution in [0.3, 0.4) is 0 Å². The van der Waals surface area contributed by atoms with Gasteiger partial charge in [0, 0.05) is 21.9 Å². The molecule has 8 heteroatoms. The molecule has 1 aliphatic rings. The maximum absolute atomic E-state index is 14.5. The molecule has 5 nitrogen and oxygen atoms in total. The molecule has 158 valence electrons. The Labute approximate surface area is 181 Å². The summed E-state index contributed by atoms with van der Waals surface area (Å²) in [5.74, 6) is -1.23. The predicted molar refractivity (Wildman–Crippen MR) is 112 cm³/mol. The number of ether oxygens (including phenoxy) is 2. The summed E-state index contributed by atoms with van der Waals surface area (Å²) in [5.41, 5.74) is 1.45. The van der Waals surface area contributed by atoms with Crippen molar-refractivity contribution in [3.05, 3.63) is 63.4 Å². The highest BCUT2D eigenvalue weighted by Gasteiger charge is 2.39. The Morgan fingerprint density at radius 2 is 2.00 bits per heavy atom. The lowest BCUT2D eigenvalue weighted by Gasteiger charge is -2.28. The van der Waals surface area contributed by atoms with Crippen molar-refractivity contribution in [2.75, 3.05) is 20.3 Å². The number of esters is 1. The summed E-state index contributed by atoms with van der Waals surface area (Å²) in [4.78, 5) is 16.7. The number of nitrogens with zero attached hydrogens (tertiary/aromatic N) is 2. The van der Waals surface area contributed by atoms with Crippen molar-refractivity contribution in [2.24, 2.45) is 5.41 Å². The molecule has 1 fully saturated rings. The van der Waals surface area contributed by atoms with Crippen molar-refractivity contribution in [3.8, 4) is 0 Å². The van der Waals surface area contributed by atoms with E-state index in [9.17, 15) is 13.6 Å². The minimum absolute atomic E-state index is 0.0280. The van der Waals surface area contributed by atoms with Crippen LogP contribution in [0.15, 0.2) is 34.8 Å². The average molecular weight is 479 g/mol. The minimum Gasteiger partial charge on any atom is -0.465 e. The number of halogens is 3. The molecule has 1 aromatic heterocycles. The Morgan fingerprint density at radius 1 is 1.30 bits per heavy atom. The third-order valence-electron chi connectivity index (χ3n) is 5.59. The van der Waals surface area contributed by atoms with E-state index in [1.807, 2.05) is 4.57 Å². The van der Waals surface area contributed by atoms with Gasteiger partial charge in [0.25, 0.3) is 0 Å². The van der Waals surface area contributed by atoms with E-state index in [1.165, 1.54) is 19.2 Å². The van der Waals surface area contributed by atoms with Gasteiger partial charge in [-0.05, 0) is 30.3 Å². The van der Waals surface area contributed by atoms with E-state index < -0.39 is 17.6 Å². The molecule has 3 aromatic rings. The first-order chi connectivity index (χ1) is 14.2. The van der Waals surface area contributed by atoms with Crippen molar-refractivity contribution >= 4 is 32.9 Å². The van der Waals surface area contributed by atoms with Gasteiger partial charge >= 0.3 is 5.97 Å². The van der Waals surface area contributed by atoms with E-state index in [0.717, 1.165) is 0 Å². The summed E-state index contributed by atoms with van der Waals surface area (Å²) in [6.07, 6.45) is -0.0280. The van der Waals surface area contributed by atoms with Gasteiger partial charge in [-0.15, -0.1) is 0 Å². The van der Waals surface area contributed by atoms with E-state index in [-0.39, 0.29) is 23.4 Å². The number of methoxy groups -OCH3 is 1. The summed E-state index contributed by atoms with van der Waals surface area (Å²) in [5, 5.41) is 0. The Morgan fingerprint density at radius 3 is 2.60 bits per heavy atom. The average Bonchev–Trinajstić information content (AvgIpc) is 3.21. The summed E-state index contributed by atoms with van der Waals surface area (Å²) < 4.78 is 41.9. The predicted octanol–water partition coefficient (Wildman–Crippen LogP) is 5.05. The van der Waals surface area contributed by atoms with Gasteiger partial charge in [0.2, 0.25) is 0 Å². The van der Waals surface area contributed by atoms with Crippen LogP contribution < -0.4 is 0 Å². The number of benzene rings is 2. The van der Waals surface area contributed by atoms with Gasteiger partial charge in [-0.1, -0.05) is 29.8 Å². The molecule has 1 unspecified atom stereocenters. The number of carbonyl (C=O) groups is 1. The second-order valence-corrected chi connectivity index (χ2v) is 9.05. The van der Waals surface area contributed by atoms with Crippen LogP contribution in [0.25, 0.3) is 11.0 Å². The Bertz CT molecular complexity index is 1120. The van der Waals surface area contributed by atoms with E-state index in [1.54, 1.807) is 18.2 Å². The first-order valence-corrected chi connectivity index (χ1v) is 10.3. The fourth-order valence-corrected chi connectivity index (χ4v) is 4.34. The molecule has 0 radical (unpaired) electrons. The molecule has 0 aliphatic carbocycles. The number of carbonyl (C=O) groups excluding carboxylic acids is 1. The number of imidazole rings is 1. The molecular formula is C22H21BrF2N2O3. The molecule has 0 bridgehead atoms. The first kappa shape index (κ1) is 20.9. The Kier molecular flexibility index (Phi) is 5.40. The molecule has 0 saturated carbocycles. The monoisotopic (exact) mass is 478 g/mol. The van der Waals surface area contributed by atoms with Crippen molar-refractivity contribution in [2.45, 2.75) is 26.3 Å². The van der Waals surface area contributed by atoms with Crippen LogP contribution in [-0.4, -0.2) is 35.8 Å². The van der Waals surface area contributed by atoms with Crippen LogP contribution in [0.4, 0.5) is 8.78 Å². The largest absolute Gasteiger partial charge is 0.465 e. The van der Waals surface area contributed by atoms with E-state index in [2.05, 4.69) is 34.8 Å². The van der Waals surface area contributed by atoms with E-state index in [0.29, 0.717) is 40.1 Å². The molecule has 30 heavy (non-hydrogen) atoms. The molecular weight excluding hydrogens is 458 g/mol. The van der Waals surface area contributed by atoms with Crippen molar-refractivity contribution in [1.29, 1.82) is 0 Å². The summed E-state index contributed by atoms with van der Waals surface area (Å²) in [7, 11) is 1.32. The quantitative estimate of drug-likeness (QED) is 0.492. The molecule has 1 saturated heterocycles. The highest BCUT2D eigenvalue weighted by Crippen LogP contribution is 2.40. The highest BCUT2D eigenvalue weighted by atomic mass is 79.9. The van der Waals surface area contributed by atoms with Crippen LogP contribution in [0.5, 0.6) is 0 Å². The number of hydrogen-bond acceptors (Lipinski definition) is 4. The van der Waals surface area contributed by atoms with Crippen molar-refractivity contribution in [1.82, 2.24) is 9.55 Å². The van der Waals surface area contributed by atoms with Gasteiger partial charge in [-0.2, -0.15) is 0 Å². The second-order valence-electron chi connectivity index (χ2n) is 8.14. The first-order valence-electron chi connectivity index (χ1n) is 9.51. The zero-order chi connectivity index (χ0) is 21.6. The van der Waals surface area contributed by atoms with Gasteiger partial charge in [-0.25, -0.2) is 18.6 Å². The van der Waals surface area contributed by atoms with E-state index >= 15 is 0 Å². The second kappa shape index (κ2) is 7.74. The van der Waals surface area contributed by atoms with Crippen LogP contribution in [-0.2, 0) is 15.9 Å². The van der Waals surface area contributed by atoms with Crippen LogP contribution in [0.1, 0.15) is 41.6 Å². The fourth-order valence-electron chi connectivity index (χ4n) is 3.94. The Balaban J connectivity index is 1.91.